The summed E-state index contributed by atoms with van der Waals surface area (Å²) in [6, 6.07) is 22.6. The number of thiazole rings is 1. The zero-order valence-corrected chi connectivity index (χ0v) is 14.6. The zero-order valence-electron chi connectivity index (χ0n) is 13.1. The molecule has 4 aromatic rings. The summed E-state index contributed by atoms with van der Waals surface area (Å²) in [7, 11) is 0. The minimum atomic E-state index is -0.191. The lowest BCUT2D eigenvalue weighted by atomic mass is 10.2. The quantitative estimate of drug-likeness (QED) is 0.494. The fourth-order valence-corrected chi connectivity index (χ4v) is 3.71. The van der Waals surface area contributed by atoms with Crippen LogP contribution in [0.25, 0.3) is 20.8 Å². The number of rotatable bonds is 3. The van der Waals surface area contributed by atoms with Crippen LogP contribution < -0.4 is 5.32 Å². The van der Waals surface area contributed by atoms with E-state index in [4.69, 9.17) is 11.6 Å². The summed E-state index contributed by atoms with van der Waals surface area (Å²) in [5.74, 6) is -0.191. The highest BCUT2D eigenvalue weighted by Crippen LogP contribution is 2.31. The van der Waals surface area contributed by atoms with E-state index in [9.17, 15) is 4.79 Å². The van der Waals surface area contributed by atoms with E-state index in [1.54, 1.807) is 35.6 Å². The van der Waals surface area contributed by atoms with Crippen LogP contribution >= 0.6 is 22.9 Å². The monoisotopic (exact) mass is 364 g/mol. The number of halogens is 1. The molecule has 0 aliphatic rings. The second-order valence-electron chi connectivity index (χ2n) is 5.53. The van der Waals surface area contributed by atoms with Gasteiger partial charge < -0.3 is 5.32 Å². The molecule has 0 aliphatic heterocycles. The van der Waals surface area contributed by atoms with Gasteiger partial charge in [-0.2, -0.15) is 0 Å². The van der Waals surface area contributed by atoms with Crippen molar-refractivity contribution >= 4 is 44.7 Å². The number of carbonyl (C=O) groups excluding carboxylic acids is 1. The number of nitrogens with zero attached hydrogens (tertiary/aromatic N) is 1. The Morgan fingerprint density at radius 3 is 2.64 bits per heavy atom. The number of carbonyl (C=O) groups is 1. The number of anilines is 1. The second kappa shape index (κ2) is 6.67. The average Bonchev–Trinajstić information content (AvgIpc) is 3.06. The Bertz CT molecular complexity index is 1040. The number of fused-ring (bicyclic) bond motifs is 1. The summed E-state index contributed by atoms with van der Waals surface area (Å²) in [6.45, 7) is 0. The van der Waals surface area contributed by atoms with Crippen LogP contribution in [0.1, 0.15) is 10.4 Å². The molecule has 0 bridgehead atoms. The van der Waals surface area contributed by atoms with Crippen molar-refractivity contribution in [1.29, 1.82) is 0 Å². The highest BCUT2D eigenvalue weighted by molar-refractivity contribution is 7.21. The number of para-hydroxylation sites is 1. The van der Waals surface area contributed by atoms with E-state index in [0.29, 0.717) is 10.6 Å². The van der Waals surface area contributed by atoms with E-state index >= 15 is 0 Å². The van der Waals surface area contributed by atoms with Gasteiger partial charge in [-0.25, -0.2) is 4.98 Å². The van der Waals surface area contributed by atoms with E-state index in [1.165, 1.54) is 0 Å². The van der Waals surface area contributed by atoms with E-state index < -0.39 is 0 Å². The number of amides is 1. The van der Waals surface area contributed by atoms with Crippen molar-refractivity contribution in [2.75, 3.05) is 5.32 Å². The van der Waals surface area contributed by atoms with Crippen LogP contribution in [-0.2, 0) is 0 Å². The van der Waals surface area contributed by atoms with E-state index in [1.807, 2.05) is 42.5 Å². The Balaban J connectivity index is 1.62. The first-order valence-corrected chi connectivity index (χ1v) is 8.91. The third kappa shape index (κ3) is 3.40. The van der Waals surface area contributed by atoms with Crippen molar-refractivity contribution in [1.82, 2.24) is 4.98 Å². The second-order valence-corrected chi connectivity index (χ2v) is 7.00. The highest BCUT2D eigenvalue weighted by Gasteiger charge is 2.09. The van der Waals surface area contributed by atoms with Crippen molar-refractivity contribution in [3.8, 4) is 10.6 Å². The molecule has 25 heavy (non-hydrogen) atoms. The van der Waals surface area contributed by atoms with E-state index in [0.717, 1.165) is 26.5 Å². The molecule has 1 N–H and O–H groups in total. The first-order valence-electron chi connectivity index (χ1n) is 7.72. The number of nitrogens with one attached hydrogen (secondary N) is 1. The number of benzene rings is 3. The third-order valence-corrected chi connectivity index (χ3v) is 5.07. The predicted octanol–water partition coefficient (Wildman–Crippen LogP) is 5.87. The molecular formula is C20H13ClN2OS. The Kier molecular flexibility index (Phi) is 4.22. The van der Waals surface area contributed by atoms with Crippen LogP contribution in [0.5, 0.6) is 0 Å². The van der Waals surface area contributed by atoms with Gasteiger partial charge in [0.2, 0.25) is 0 Å². The molecule has 0 fully saturated rings. The molecule has 0 saturated heterocycles. The summed E-state index contributed by atoms with van der Waals surface area (Å²) in [6.07, 6.45) is 0. The minimum Gasteiger partial charge on any atom is -0.322 e. The smallest absolute Gasteiger partial charge is 0.255 e. The van der Waals surface area contributed by atoms with Gasteiger partial charge in [0.1, 0.15) is 5.01 Å². The molecule has 0 saturated carbocycles. The Hall–Kier alpha value is -2.69. The van der Waals surface area contributed by atoms with E-state index in [-0.39, 0.29) is 5.91 Å². The molecule has 3 aromatic carbocycles. The Morgan fingerprint density at radius 1 is 0.960 bits per heavy atom. The summed E-state index contributed by atoms with van der Waals surface area (Å²) < 4.78 is 1.14. The van der Waals surface area contributed by atoms with Crippen LogP contribution in [0.2, 0.25) is 5.02 Å². The summed E-state index contributed by atoms with van der Waals surface area (Å²) in [5, 5.41) is 4.38. The van der Waals surface area contributed by atoms with Crippen molar-refractivity contribution in [2.45, 2.75) is 0 Å². The van der Waals surface area contributed by atoms with Crippen molar-refractivity contribution < 1.29 is 4.79 Å². The first-order chi connectivity index (χ1) is 12.2. The normalized spacial score (nSPS) is 10.8. The van der Waals surface area contributed by atoms with Crippen LogP contribution in [0.4, 0.5) is 5.69 Å². The molecule has 1 amide bonds. The molecule has 3 nitrogen and oxygen atoms in total. The predicted molar refractivity (Wildman–Crippen MR) is 104 cm³/mol. The van der Waals surface area contributed by atoms with Gasteiger partial charge in [-0.1, -0.05) is 41.9 Å². The third-order valence-electron chi connectivity index (χ3n) is 3.75. The summed E-state index contributed by atoms with van der Waals surface area (Å²) >= 11 is 7.58. The maximum Gasteiger partial charge on any atom is 0.255 e. The topological polar surface area (TPSA) is 42.0 Å². The number of aromatic nitrogens is 1. The van der Waals surface area contributed by atoms with Gasteiger partial charge in [0, 0.05) is 21.8 Å². The molecule has 5 heteroatoms. The summed E-state index contributed by atoms with van der Waals surface area (Å²) in [5.41, 5.74) is 3.21. The molecule has 0 unspecified atom stereocenters. The largest absolute Gasteiger partial charge is 0.322 e. The lowest BCUT2D eigenvalue weighted by Gasteiger charge is -2.07. The molecule has 1 heterocycles. The first kappa shape index (κ1) is 15.8. The van der Waals surface area contributed by atoms with Gasteiger partial charge in [0.15, 0.2) is 0 Å². The van der Waals surface area contributed by atoms with Gasteiger partial charge in [-0.15, -0.1) is 11.3 Å². The van der Waals surface area contributed by atoms with Gasteiger partial charge in [-0.05, 0) is 42.5 Å². The standard InChI is InChI=1S/C20H13ClN2OS/c21-15-7-3-5-13(11-15)19(24)22-16-8-4-6-14(12-16)20-23-17-9-1-2-10-18(17)25-20/h1-12H,(H,22,24). The van der Waals surface area contributed by atoms with Crippen molar-refractivity contribution in [3.05, 3.63) is 83.4 Å². The maximum atomic E-state index is 12.4. The molecule has 4 rings (SSSR count). The van der Waals surface area contributed by atoms with Crippen LogP contribution in [-0.4, -0.2) is 10.9 Å². The highest BCUT2D eigenvalue weighted by atomic mass is 35.5. The fourth-order valence-electron chi connectivity index (χ4n) is 2.56. The SMILES string of the molecule is O=C(Nc1cccc(-c2nc3ccccc3s2)c1)c1cccc(Cl)c1. The molecule has 0 aliphatic carbocycles. The van der Waals surface area contributed by atoms with Crippen molar-refractivity contribution in [2.24, 2.45) is 0 Å². The van der Waals surface area contributed by atoms with Crippen LogP contribution in [0, 0.1) is 0 Å². The maximum absolute atomic E-state index is 12.4. The minimum absolute atomic E-state index is 0.191. The lowest BCUT2D eigenvalue weighted by Crippen LogP contribution is -2.11. The van der Waals surface area contributed by atoms with Gasteiger partial charge in [0.25, 0.3) is 5.91 Å². The number of hydrogen-bond acceptors (Lipinski definition) is 3. The Morgan fingerprint density at radius 2 is 1.80 bits per heavy atom. The molecule has 0 spiro atoms. The molecule has 122 valence electrons. The van der Waals surface area contributed by atoms with Gasteiger partial charge in [0.05, 0.1) is 10.2 Å². The average molecular weight is 365 g/mol. The Labute approximate surface area is 153 Å². The summed E-state index contributed by atoms with van der Waals surface area (Å²) in [4.78, 5) is 17.0. The van der Waals surface area contributed by atoms with Crippen LogP contribution in [0.15, 0.2) is 72.8 Å². The van der Waals surface area contributed by atoms with Gasteiger partial charge >= 0.3 is 0 Å². The lowest BCUT2D eigenvalue weighted by molar-refractivity contribution is 0.102. The van der Waals surface area contributed by atoms with Gasteiger partial charge in [-0.3, -0.25) is 4.79 Å². The van der Waals surface area contributed by atoms with Crippen molar-refractivity contribution in [3.63, 3.8) is 0 Å². The molecular weight excluding hydrogens is 352 g/mol. The fraction of sp³-hybridized carbons (Fsp3) is 0. The van der Waals surface area contributed by atoms with E-state index in [2.05, 4.69) is 16.4 Å². The zero-order chi connectivity index (χ0) is 17.2. The molecule has 1 aromatic heterocycles. The molecule has 0 atom stereocenters. The molecule has 0 radical (unpaired) electrons. The number of hydrogen-bond donors (Lipinski definition) is 1. The van der Waals surface area contributed by atoms with Crippen LogP contribution in [0.3, 0.4) is 0 Å².